The molecule has 1 fully saturated rings. The minimum Gasteiger partial charge on any atom is -0.497 e. The third-order valence-electron chi connectivity index (χ3n) is 6.19. The van der Waals surface area contributed by atoms with Gasteiger partial charge in [0.25, 0.3) is 15.9 Å². The van der Waals surface area contributed by atoms with Crippen LogP contribution in [-0.4, -0.2) is 45.5 Å². The van der Waals surface area contributed by atoms with Crippen molar-refractivity contribution in [1.82, 2.24) is 10.2 Å². The van der Waals surface area contributed by atoms with Crippen LogP contribution in [0, 0.1) is 6.92 Å². The highest BCUT2D eigenvalue weighted by atomic mass is 32.2. The van der Waals surface area contributed by atoms with Gasteiger partial charge in [0.15, 0.2) is 0 Å². The summed E-state index contributed by atoms with van der Waals surface area (Å²) < 4.78 is 33.2. The van der Waals surface area contributed by atoms with Gasteiger partial charge in [-0.15, -0.1) is 0 Å². The number of carbonyl (C=O) groups excluding carboxylic acids is 1. The molecule has 1 aliphatic rings. The molecular weight excluding hydrogens is 462 g/mol. The van der Waals surface area contributed by atoms with Gasteiger partial charge in [0.05, 0.1) is 12.0 Å². The Morgan fingerprint density at radius 2 is 1.69 bits per heavy atom. The first kappa shape index (κ1) is 24.8. The monoisotopic (exact) mass is 493 g/mol. The van der Waals surface area contributed by atoms with Crippen molar-refractivity contribution >= 4 is 21.6 Å². The number of nitrogens with one attached hydrogen (secondary N) is 2. The van der Waals surface area contributed by atoms with E-state index in [0.29, 0.717) is 11.3 Å². The highest BCUT2D eigenvalue weighted by Crippen LogP contribution is 2.19. The maximum atomic E-state index is 12.7. The minimum atomic E-state index is -3.73. The van der Waals surface area contributed by atoms with Crippen LogP contribution in [0.2, 0.25) is 0 Å². The van der Waals surface area contributed by atoms with Gasteiger partial charge in [0.1, 0.15) is 5.75 Å². The van der Waals surface area contributed by atoms with E-state index in [1.807, 2.05) is 37.3 Å². The van der Waals surface area contributed by atoms with Crippen LogP contribution in [0.15, 0.2) is 77.7 Å². The fourth-order valence-corrected chi connectivity index (χ4v) is 5.21. The first-order valence-corrected chi connectivity index (χ1v) is 13.2. The normalized spacial score (nSPS) is 14.9. The lowest BCUT2D eigenvalue weighted by atomic mass is 10.0. The molecule has 0 aromatic heterocycles. The Morgan fingerprint density at radius 3 is 2.34 bits per heavy atom. The number of rotatable bonds is 8. The summed E-state index contributed by atoms with van der Waals surface area (Å²) in [4.78, 5) is 15.2. The number of sulfonamides is 1. The fraction of sp³-hybridized carbons (Fsp3) is 0.296. The van der Waals surface area contributed by atoms with Gasteiger partial charge >= 0.3 is 0 Å². The standard InChI is InChI=1S/C27H31N3O4S/c1-20-6-10-24(11-7-20)29-35(32,33)26-12-8-22(9-13-26)27(31)28-23-14-16-30(17-15-23)19-21-4-3-5-25(18-21)34-2/h3-13,18,23,29H,14-17,19H2,1-2H3,(H,28,31). The second kappa shape index (κ2) is 10.9. The Bertz CT molecular complexity index is 1250. The predicted molar refractivity (Wildman–Crippen MR) is 137 cm³/mol. The van der Waals surface area contributed by atoms with Crippen molar-refractivity contribution < 1.29 is 17.9 Å². The molecular formula is C27H31N3O4S. The molecule has 0 radical (unpaired) electrons. The molecule has 1 heterocycles. The van der Waals surface area contributed by atoms with Crippen molar-refractivity contribution in [2.45, 2.75) is 37.2 Å². The number of nitrogens with zero attached hydrogens (tertiary/aromatic N) is 1. The third-order valence-corrected chi connectivity index (χ3v) is 7.59. The zero-order chi connectivity index (χ0) is 24.8. The number of methoxy groups -OCH3 is 1. The lowest BCUT2D eigenvalue weighted by Crippen LogP contribution is -2.44. The number of piperidine rings is 1. The van der Waals surface area contributed by atoms with Gasteiger partial charge in [-0.2, -0.15) is 0 Å². The molecule has 0 bridgehead atoms. The second-order valence-electron chi connectivity index (χ2n) is 8.87. The van der Waals surface area contributed by atoms with Crippen LogP contribution in [0.5, 0.6) is 5.75 Å². The Morgan fingerprint density at radius 1 is 1.00 bits per heavy atom. The summed E-state index contributed by atoms with van der Waals surface area (Å²) in [5, 5.41) is 3.09. The number of hydrogen-bond donors (Lipinski definition) is 2. The van der Waals surface area contributed by atoms with Gasteiger partial charge in [-0.3, -0.25) is 14.4 Å². The molecule has 1 amide bonds. The number of aryl methyl sites for hydroxylation is 1. The fourth-order valence-electron chi connectivity index (χ4n) is 4.15. The van der Waals surface area contributed by atoms with E-state index in [1.165, 1.54) is 17.7 Å². The number of benzene rings is 3. The lowest BCUT2D eigenvalue weighted by Gasteiger charge is -2.32. The number of ether oxygens (including phenoxy) is 1. The molecule has 3 aromatic rings. The van der Waals surface area contributed by atoms with Crippen molar-refractivity contribution in [3.63, 3.8) is 0 Å². The summed E-state index contributed by atoms with van der Waals surface area (Å²) in [7, 11) is -2.06. The summed E-state index contributed by atoms with van der Waals surface area (Å²) >= 11 is 0. The van der Waals surface area contributed by atoms with Crippen molar-refractivity contribution in [2.24, 2.45) is 0 Å². The van der Waals surface area contributed by atoms with Gasteiger partial charge in [-0.25, -0.2) is 8.42 Å². The van der Waals surface area contributed by atoms with Crippen LogP contribution >= 0.6 is 0 Å². The number of likely N-dealkylation sites (tertiary alicyclic amines) is 1. The molecule has 35 heavy (non-hydrogen) atoms. The minimum absolute atomic E-state index is 0.0932. The van der Waals surface area contributed by atoms with E-state index >= 15 is 0 Å². The average Bonchev–Trinajstić information content (AvgIpc) is 2.87. The first-order valence-electron chi connectivity index (χ1n) is 11.7. The van der Waals surface area contributed by atoms with E-state index in [4.69, 9.17) is 4.74 Å². The molecule has 1 saturated heterocycles. The summed E-state index contributed by atoms with van der Waals surface area (Å²) in [6, 6.07) is 21.3. The van der Waals surface area contributed by atoms with E-state index in [9.17, 15) is 13.2 Å². The van der Waals surface area contributed by atoms with E-state index in [-0.39, 0.29) is 16.8 Å². The first-order chi connectivity index (χ1) is 16.8. The highest BCUT2D eigenvalue weighted by Gasteiger charge is 2.22. The van der Waals surface area contributed by atoms with Gasteiger partial charge < -0.3 is 10.1 Å². The number of carbonyl (C=O) groups is 1. The molecule has 0 saturated carbocycles. The molecule has 0 unspecified atom stereocenters. The zero-order valence-electron chi connectivity index (χ0n) is 20.0. The van der Waals surface area contributed by atoms with E-state index in [1.54, 1.807) is 31.4 Å². The summed E-state index contributed by atoms with van der Waals surface area (Å²) in [6.45, 7) is 4.58. The molecule has 0 aliphatic carbocycles. The third kappa shape index (κ3) is 6.61. The van der Waals surface area contributed by atoms with Gasteiger partial charge in [0, 0.05) is 36.9 Å². The maximum Gasteiger partial charge on any atom is 0.261 e. The summed E-state index contributed by atoms with van der Waals surface area (Å²) in [6.07, 6.45) is 1.73. The molecule has 0 spiro atoms. The van der Waals surface area contributed by atoms with E-state index < -0.39 is 10.0 Å². The van der Waals surface area contributed by atoms with Crippen molar-refractivity contribution in [3.8, 4) is 5.75 Å². The van der Waals surface area contributed by atoms with Crippen LogP contribution in [0.3, 0.4) is 0 Å². The second-order valence-corrected chi connectivity index (χ2v) is 10.6. The molecule has 4 rings (SSSR count). The molecule has 184 valence electrons. The van der Waals surface area contributed by atoms with Crippen LogP contribution < -0.4 is 14.8 Å². The zero-order valence-corrected chi connectivity index (χ0v) is 20.8. The largest absolute Gasteiger partial charge is 0.497 e. The number of anilines is 1. The van der Waals surface area contributed by atoms with Crippen molar-refractivity contribution in [1.29, 1.82) is 0 Å². The lowest BCUT2D eigenvalue weighted by molar-refractivity contribution is 0.0908. The Balaban J connectivity index is 1.29. The van der Waals surface area contributed by atoms with Crippen LogP contribution in [0.4, 0.5) is 5.69 Å². The Kier molecular flexibility index (Phi) is 7.73. The van der Waals surface area contributed by atoms with E-state index in [2.05, 4.69) is 21.0 Å². The number of hydrogen-bond acceptors (Lipinski definition) is 5. The molecule has 3 aromatic carbocycles. The molecule has 1 aliphatic heterocycles. The topological polar surface area (TPSA) is 87.7 Å². The number of amides is 1. The molecule has 0 atom stereocenters. The summed E-state index contributed by atoms with van der Waals surface area (Å²) in [5.74, 6) is 0.668. The maximum absolute atomic E-state index is 12.7. The van der Waals surface area contributed by atoms with Gasteiger partial charge in [0.2, 0.25) is 0 Å². The SMILES string of the molecule is COc1cccc(CN2CCC(NC(=O)c3ccc(S(=O)(=O)Nc4ccc(C)cc4)cc3)CC2)c1. The van der Waals surface area contributed by atoms with E-state index in [0.717, 1.165) is 43.8 Å². The highest BCUT2D eigenvalue weighted by molar-refractivity contribution is 7.92. The van der Waals surface area contributed by atoms with Crippen LogP contribution in [0.25, 0.3) is 0 Å². The molecule has 2 N–H and O–H groups in total. The Labute approximate surface area is 207 Å². The van der Waals surface area contributed by atoms with Gasteiger partial charge in [-0.05, 0) is 73.9 Å². The molecule has 8 heteroatoms. The Hall–Kier alpha value is -3.36. The smallest absolute Gasteiger partial charge is 0.261 e. The van der Waals surface area contributed by atoms with Crippen molar-refractivity contribution in [2.75, 3.05) is 24.9 Å². The van der Waals surface area contributed by atoms with Gasteiger partial charge in [-0.1, -0.05) is 29.8 Å². The quantitative estimate of drug-likeness (QED) is 0.491. The predicted octanol–water partition coefficient (Wildman–Crippen LogP) is 4.20. The summed E-state index contributed by atoms with van der Waals surface area (Å²) in [5.41, 5.74) is 3.19. The van der Waals surface area contributed by atoms with Crippen molar-refractivity contribution in [3.05, 3.63) is 89.5 Å². The van der Waals surface area contributed by atoms with Crippen LogP contribution in [0.1, 0.15) is 34.3 Å². The average molecular weight is 494 g/mol. The molecule has 7 nitrogen and oxygen atoms in total. The van der Waals surface area contributed by atoms with Crippen LogP contribution in [-0.2, 0) is 16.6 Å².